The molecule has 0 saturated carbocycles. The Balaban J connectivity index is 2.71. The molecule has 4 nitrogen and oxygen atoms in total. The van der Waals surface area contributed by atoms with Gasteiger partial charge in [0.1, 0.15) is 4.88 Å². The number of hydrogen-bond donors (Lipinski definition) is 3. The van der Waals surface area contributed by atoms with Crippen LogP contribution in [-0.2, 0) is 6.54 Å². The van der Waals surface area contributed by atoms with Gasteiger partial charge in [0.05, 0.1) is 0 Å². The highest BCUT2D eigenvalue weighted by Gasteiger charge is 2.24. The summed E-state index contributed by atoms with van der Waals surface area (Å²) in [6.45, 7) is 9.11. The van der Waals surface area contributed by atoms with Crippen molar-refractivity contribution in [1.82, 2.24) is 5.32 Å². The first-order valence-electron chi connectivity index (χ1n) is 6.42. The van der Waals surface area contributed by atoms with Crippen LogP contribution >= 0.6 is 11.3 Å². The highest BCUT2D eigenvalue weighted by Crippen LogP contribution is 2.25. The van der Waals surface area contributed by atoms with E-state index in [1.165, 1.54) is 11.3 Å². The first kappa shape index (κ1) is 16.1. The number of rotatable bonds is 6. The maximum atomic E-state index is 10.9. The molecule has 0 fully saturated rings. The Hall–Kier alpha value is -0.910. The Morgan fingerprint density at radius 1 is 1.47 bits per heavy atom. The Morgan fingerprint density at radius 2 is 2.11 bits per heavy atom. The zero-order chi connectivity index (χ0) is 14.6. The number of carboxylic acids is 1. The molecule has 108 valence electrons. The summed E-state index contributed by atoms with van der Waals surface area (Å²) in [6, 6.07) is 1.93. The predicted octanol–water partition coefficient (Wildman–Crippen LogP) is 2.64. The van der Waals surface area contributed by atoms with E-state index in [2.05, 4.69) is 26.1 Å². The quantitative estimate of drug-likeness (QED) is 0.751. The van der Waals surface area contributed by atoms with Gasteiger partial charge in [-0.15, -0.1) is 11.3 Å². The SMILES string of the molecule is Cc1sc(C(=O)O)cc1CNC(CCO)C(C)(C)C. The van der Waals surface area contributed by atoms with Gasteiger partial charge in [-0.1, -0.05) is 20.8 Å². The summed E-state index contributed by atoms with van der Waals surface area (Å²) in [4.78, 5) is 12.3. The maximum Gasteiger partial charge on any atom is 0.345 e. The van der Waals surface area contributed by atoms with E-state index in [-0.39, 0.29) is 18.1 Å². The first-order valence-corrected chi connectivity index (χ1v) is 7.24. The lowest BCUT2D eigenvalue weighted by atomic mass is 9.85. The highest BCUT2D eigenvalue weighted by atomic mass is 32.1. The molecule has 1 aromatic heterocycles. The van der Waals surface area contributed by atoms with Crippen molar-refractivity contribution in [3.8, 4) is 0 Å². The number of nitrogens with one attached hydrogen (secondary N) is 1. The molecule has 0 saturated heterocycles. The molecule has 0 spiro atoms. The summed E-state index contributed by atoms with van der Waals surface area (Å²) >= 11 is 1.31. The van der Waals surface area contributed by atoms with Gasteiger partial charge in [0.2, 0.25) is 0 Å². The van der Waals surface area contributed by atoms with E-state index in [0.717, 1.165) is 10.4 Å². The Kier molecular flexibility index (Phi) is 5.52. The van der Waals surface area contributed by atoms with Crippen LogP contribution in [0.2, 0.25) is 0 Å². The van der Waals surface area contributed by atoms with Gasteiger partial charge in [-0.2, -0.15) is 0 Å². The fourth-order valence-corrected chi connectivity index (χ4v) is 2.88. The fraction of sp³-hybridized carbons (Fsp3) is 0.643. The van der Waals surface area contributed by atoms with Crippen LogP contribution in [0.4, 0.5) is 0 Å². The first-order chi connectivity index (χ1) is 8.75. The van der Waals surface area contributed by atoms with Crippen LogP contribution in [0.25, 0.3) is 0 Å². The molecule has 1 heterocycles. The lowest BCUT2D eigenvalue weighted by Crippen LogP contribution is -2.40. The maximum absolute atomic E-state index is 10.9. The normalized spacial score (nSPS) is 13.5. The lowest BCUT2D eigenvalue weighted by molar-refractivity contribution is 0.0702. The Labute approximate surface area is 118 Å². The van der Waals surface area contributed by atoms with E-state index < -0.39 is 5.97 Å². The molecule has 0 aliphatic rings. The van der Waals surface area contributed by atoms with Gasteiger partial charge in [-0.25, -0.2) is 4.79 Å². The number of aromatic carboxylic acids is 1. The van der Waals surface area contributed by atoms with Gasteiger partial charge >= 0.3 is 5.97 Å². The van der Waals surface area contributed by atoms with Gasteiger partial charge in [-0.3, -0.25) is 0 Å². The number of hydrogen-bond acceptors (Lipinski definition) is 4. The molecule has 3 N–H and O–H groups in total. The van der Waals surface area contributed by atoms with E-state index in [0.29, 0.717) is 17.8 Å². The van der Waals surface area contributed by atoms with Crippen LogP contribution in [0.3, 0.4) is 0 Å². The minimum atomic E-state index is -0.873. The second kappa shape index (κ2) is 6.50. The number of aliphatic hydroxyl groups is 1. The molecule has 5 heteroatoms. The molecular formula is C14H23NO3S. The molecular weight excluding hydrogens is 262 g/mol. The second-order valence-corrected chi connectivity index (χ2v) is 7.07. The summed E-state index contributed by atoms with van der Waals surface area (Å²) in [5.74, 6) is -0.873. The van der Waals surface area contributed by atoms with Crippen molar-refractivity contribution in [3.63, 3.8) is 0 Å². The van der Waals surface area contributed by atoms with Crippen molar-refractivity contribution < 1.29 is 15.0 Å². The van der Waals surface area contributed by atoms with Crippen LogP contribution in [0.5, 0.6) is 0 Å². The minimum Gasteiger partial charge on any atom is -0.477 e. The topological polar surface area (TPSA) is 69.6 Å². The fourth-order valence-electron chi connectivity index (χ4n) is 2.00. The largest absolute Gasteiger partial charge is 0.477 e. The number of thiophene rings is 1. The molecule has 1 aromatic rings. The molecule has 1 unspecified atom stereocenters. The van der Waals surface area contributed by atoms with Crippen molar-refractivity contribution >= 4 is 17.3 Å². The Bertz CT molecular complexity index is 434. The zero-order valence-electron chi connectivity index (χ0n) is 12.0. The summed E-state index contributed by atoms with van der Waals surface area (Å²) in [6.07, 6.45) is 0.693. The Morgan fingerprint density at radius 3 is 2.53 bits per heavy atom. The van der Waals surface area contributed by atoms with Crippen molar-refractivity contribution in [2.75, 3.05) is 6.61 Å². The van der Waals surface area contributed by atoms with E-state index in [1.807, 2.05) is 6.92 Å². The predicted molar refractivity (Wildman–Crippen MR) is 77.8 cm³/mol. The van der Waals surface area contributed by atoms with Crippen LogP contribution in [0.1, 0.15) is 47.3 Å². The van der Waals surface area contributed by atoms with Gasteiger partial charge in [0.25, 0.3) is 0 Å². The number of aryl methyl sites for hydroxylation is 1. The molecule has 0 amide bonds. The molecule has 0 bridgehead atoms. The van der Waals surface area contributed by atoms with E-state index in [9.17, 15) is 4.79 Å². The van der Waals surface area contributed by atoms with E-state index in [4.69, 9.17) is 10.2 Å². The summed E-state index contributed by atoms with van der Waals surface area (Å²) in [5.41, 5.74) is 1.08. The van der Waals surface area contributed by atoms with Crippen molar-refractivity contribution in [2.24, 2.45) is 5.41 Å². The van der Waals surface area contributed by atoms with Gasteiger partial charge < -0.3 is 15.5 Å². The van der Waals surface area contributed by atoms with Gasteiger partial charge in [0.15, 0.2) is 0 Å². The summed E-state index contributed by atoms with van der Waals surface area (Å²) in [7, 11) is 0. The van der Waals surface area contributed by atoms with Crippen LogP contribution < -0.4 is 5.32 Å². The third kappa shape index (κ3) is 4.60. The number of carboxylic acid groups (broad SMARTS) is 1. The number of carbonyl (C=O) groups is 1. The van der Waals surface area contributed by atoms with Gasteiger partial charge in [-0.05, 0) is 30.4 Å². The molecule has 1 atom stereocenters. The van der Waals surface area contributed by atoms with Crippen LogP contribution in [-0.4, -0.2) is 28.8 Å². The molecule has 0 aliphatic carbocycles. The second-order valence-electron chi connectivity index (χ2n) is 5.81. The van der Waals surface area contributed by atoms with Crippen molar-refractivity contribution in [2.45, 2.75) is 46.7 Å². The standard InChI is InChI=1S/C14H23NO3S/c1-9-10(7-11(19-9)13(17)18)8-15-12(5-6-16)14(2,3)4/h7,12,15-16H,5-6,8H2,1-4H3,(H,17,18). The summed E-state index contributed by atoms with van der Waals surface area (Å²) < 4.78 is 0. The van der Waals surface area contributed by atoms with Crippen LogP contribution in [0.15, 0.2) is 6.07 Å². The van der Waals surface area contributed by atoms with Gasteiger partial charge in [0, 0.05) is 24.1 Å². The molecule has 0 radical (unpaired) electrons. The van der Waals surface area contributed by atoms with Crippen LogP contribution in [0, 0.1) is 12.3 Å². The lowest BCUT2D eigenvalue weighted by Gasteiger charge is -2.31. The number of aliphatic hydroxyl groups excluding tert-OH is 1. The zero-order valence-corrected chi connectivity index (χ0v) is 12.8. The average Bonchev–Trinajstić information content (AvgIpc) is 2.65. The van der Waals surface area contributed by atoms with E-state index >= 15 is 0 Å². The minimum absolute atomic E-state index is 0.0578. The smallest absolute Gasteiger partial charge is 0.345 e. The third-order valence-corrected chi connectivity index (χ3v) is 4.31. The summed E-state index contributed by atoms with van der Waals surface area (Å²) in [5, 5.41) is 21.5. The molecule has 19 heavy (non-hydrogen) atoms. The highest BCUT2D eigenvalue weighted by molar-refractivity contribution is 7.14. The van der Waals surface area contributed by atoms with E-state index in [1.54, 1.807) is 6.07 Å². The third-order valence-electron chi connectivity index (χ3n) is 3.23. The average molecular weight is 285 g/mol. The monoisotopic (exact) mass is 285 g/mol. The molecule has 1 rings (SSSR count). The molecule has 0 aromatic carbocycles. The molecule has 0 aliphatic heterocycles. The van der Waals surface area contributed by atoms with Crippen molar-refractivity contribution in [3.05, 3.63) is 21.4 Å². The van der Waals surface area contributed by atoms with Crippen molar-refractivity contribution in [1.29, 1.82) is 0 Å².